The Morgan fingerprint density at radius 1 is 1.38 bits per heavy atom. The number of amides is 1. The lowest BCUT2D eigenvalue weighted by atomic mass is 9.79. The van der Waals surface area contributed by atoms with Crippen LogP contribution in [-0.2, 0) is 11.3 Å². The molecular formula is C20H30N4O2. The fraction of sp³-hybridized carbons (Fsp3) is 0.600. The van der Waals surface area contributed by atoms with E-state index in [1.165, 1.54) is 0 Å². The number of likely N-dealkylation sites (tertiary alicyclic amines) is 1. The van der Waals surface area contributed by atoms with Crippen LogP contribution in [0.4, 0.5) is 0 Å². The molecule has 6 nitrogen and oxygen atoms in total. The normalized spacial score (nSPS) is 23.4. The highest BCUT2D eigenvalue weighted by molar-refractivity contribution is 5.81. The second-order valence-electron chi connectivity index (χ2n) is 7.73. The number of benzene rings is 1. The molecule has 2 saturated heterocycles. The lowest BCUT2D eigenvalue weighted by Crippen LogP contribution is -2.51. The zero-order valence-corrected chi connectivity index (χ0v) is 16.1. The number of carbonyl (C=O) groups excluding carboxylic acids is 1. The van der Waals surface area contributed by atoms with Gasteiger partial charge in [-0.1, -0.05) is 12.1 Å². The molecule has 3 rings (SSSR count). The first-order chi connectivity index (χ1) is 12.4. The predicted octanol–water partition coefficient (Wildman–Crippen LogP) is 2.08. The van der Waals surface area contributed by atoms with E-state index >= 15 is 0 Å². The third-order valence-electron chi connectivity index (χ3n) is 5.45. The number of hydrogen-bond acceptors (Lipinski definition) is 3. The van der Waals surface area contributed by atoms with Crippen molar-refractivity contribution in [2.75, 3.05) is 26.2 Å². The van der Waals surface area contributed by atoms with Crippen LogP contribution < -0.4 is 10.6 Å². The Kier molecular flexibility index (Phi) is 5.39. The monoisotopic (exact) mass is 358 g/mol. The van der Waals surface area contributed by atoms with E-state index < -0.39 is 0 Å². The summed E-state index contributed by atoms with van der Waals surface area (Å²) in [5, 5.41) is 16.3. The van der Waals surface area contributed by atoms with Gasteiger partial charge in [0.2, 0.25) is 5.91 Å². The topological polar surface area (TPSA) is 77.0 Å². The molecule has 6 heteroatoms. The zero-order valence-electron chi connectivity index (χ0n) is 16.1. The van der Waals surface area contributed by atoms with Crippen LogP contribution in [0.15, 0.2) is 17.1 Å². The number of phenols is 1. The Bertz CT molecular complexity index is 693. The van der Waals surface area contributed by atoms with Crippen molar-refractivity contribution in [2.45, 2.75) is 46.6 Å². The molecule has 1 aromatic rings. The first-order valence-electron chi connectivity index (χ1n) is 9.51. The molecule has 0 aliphatic carbocycles. The molecule has 142 valence electrons. The number of aliphatic imine (C=N–C) groups is 1. The van der Waals surface area contributed by atoms with Crippen molar-refractivity contribution >= 4 is 11.9 Å². The number of phenolic OH excluding ortho intramolecular Hbond substituents is 1. The summed E-state index contributed by atoms with van der Waals surface area (Å²) in [6.45, 7) is 9.90. The molecule has 1 unspecified atom stereocenters. The summed E-state index contributed by atoms with van der Waals surface area (Å²) in [5.41, 5.74) is 2.91. The van der Waals surface area contributed by atoms with Crippen molar-refractivity contribution in [3.8, 4) is 5.75 Å². The van der Waals surface area contributed by atoms with Crippen LogP contribution in [0.3, 0.4) is 0 Å². The van der Waals surface area contributed by atoms with Crippen LogP contribution in [-0.4, -0.2) is 48.1 Å². The maximum Gasteiger partial charge on any atom is 0.220 e. The van der Waals surface area contributed by atoms with Gasteiger partial charge in [-0.05, 0) is 50.3 Å². The average Bonchev–Trinajstić information content (AvgIpc) is 2.96. The lowest BCUT2D eigenvalue weighted by molar-refractivity contribution is -0.119. The molecule has 1 atom stereocenters. The Morgan fingerprint density at radius 3 is 2.73 bits per heavy atom. The number of guanidine groups is 1. The molecule has 2 heterocycles. The summed E-state index contributed by atoms with van der Waals surface area (Å²) in [4.78, 5) is 18.9. The summed E-state index contributed by atoms with van der Waals surface area (Å²) in [6, 6.07) is 3.99. The molecule has 2 aliphatic heterocycles. The van der Waals surface area contributed by atoms with Gasteiger partial charge in [0, 0.05) is 38.0 Å². The number of piperidine rings is 1. The standard InChI is InChI=1S/C20H30N4O2/c1-4-21-19(22-11-16-8-14(2)18(26)15(3)9-16)24-7-5-6-20(13-24)10-17(25)23-12-20/h8-9,26H,4-7,10-13H2,1-3H3,(H,21,22)(H,23,25). The van der Waals surface area contributed by atoms with Gasteiger partial charge in [-0.25, -0.2) is 4.99 Å². The van der Waals surface area contributed by atoms with Crippen LogP contribution in [0.1, 0.15) is 42.9 Å². The fourth-order valence-electron chi connectivity index (χ4n) is 4.16. The molecule has 1 aromatic carbocycles. The number of nitrogens with one attached hydrogen (secondary N) is 2. The number of hydrogen-bond donors (Lipinski definition) is 3. The lowest BCUT2D eigenvalue weighted by Gasteiger charge is -2.40. The molecule has 0 aromatic heterocycles. The zero-order chi connectivity index (χ0) is 18.7. The third kappa shape index (κ3) is 3.94. The maximum absolute atomic E-state index is 11.7. The van der Waals surface area contributed by atoms with Gasteiger partial charge in [0.15, 0.2) is 5.96 Å². The fourth-order valence-corrected chi connectivity index (χ4v) is 4.16. The highest BCUT2D eigenvalue weighted by Crippen LogP contribution is 2.36. The second kappa shape index (κ2) is 7.56. The van der Waals surface area contributed by atoms with E-state index in [-0.39, 0.29) is 11.3 Å². The van der Waals surface area contributed by atoms with Gasteiger partial charge < -0.3 is 20.6 Å². The molecular weight excluding hydrogens is 328 g/mol. The highest BCUT2D eigenvalue weighted by atomic mass is 16.3. The minimum Gasteiger partial charge on any atom is -0.507 e. The molecule has 26 heavy (non-hydrogen) atoms. The van der Waals surface area contributed by atoms with Crippen molar-refractivity contribution in [1.82, 2.24) is 15.5 Å². The highest BCUT2D eigenvalue weighted by Gasteiger charge is 2.42. The number of rotatable bonds is 3. The maximum atomic E-state index is 11.7. The first-order valence-corrected chi connectivity index (χ1v) is 9.51. The van der Waals surface area contributed by atoms with E-state index in [2.05, 4.69) is 22.5 Å². The summed E-state index contributed by atoms with van der Waals surface area (Å²) in [5.74, 6) is 1.44. The van der Waals surface area contributed by atoms with Gasteiger partial charge in [0.1, 0.15) is 5.75 Å². The summed E-state index contributed by atoms with van der Waals surface area (Å²) in [6.07, 6.45) is 2.80. The van der Waals surface area contributed by atoms with Crippen molar-refractivity contribution < 1.29 is 9.90 Å². The molecule has 0 radical (unpaired) electrons. The van der Waals surface area contributed by atoms with Crippen LogP contribution in [0.25, 0.3) is 0 Å². The Hall–Kier alpha value is -2.24. The van der Waals surface area contributed by atoms with E-state index in [9.17, 15) is 9.90 Å². The molecule has 1 spiro atoms. The van der Waals surface area contributed by atoms with Gasteiger partial charge in [0.05, 0.1) is 6.54 Å². The van der Waals surface area contributed by atoms with E-state index in [1.54, 1.807) is 0 Å². The number of aryl methyl sites for hydroxylation is 2. The van der Waals surface area contributed by atoms with Crippen molar-refractivity contribution in [2.24, 2.45) is 10.4 Å². The van der Waals surface area contributed by atoms with E-state index in [0.29, 0.717) is 18.7 Å². The largest absolute Gasteiger partial charge is 0.507 e. The van der Waals surface area contributed by atoms with Crippen LogP contribution >= 0.6 is 0 Å². The molecule has 3 N–H and O–H groups in total. The van der Waals surface area contributed by atoms with Crippen molar-refractivity contribution in [3.05, 3.63) is 28.8 Å². The molecule has 2 aliphatic rings. The van der Waals surface area contributed by atoms with Crippen LogP contribution in [0.5, 0.6) is 5.75 Å². The van der Waals surface area contributed by atoms with Gasteiger partial charge >= 0.3 is 0 Å². The number of nitrogens with zero attached hydrogens (tertiary/aromatic N) is 2. The van der Waals surface area contributed by atoms with Crippen molar-refractivity contribution in [1.29, 1.82) is 0 Å². The smallest absolute Gasteiger partial charge is 0.220 e. The van der Waals surface area contributed by atoms with Gasteiger partial charge in [-0.15, -0.1) is 0 Å². The summed E-state index contributed by atoms with van der Waals surface area (Å²) >= 11 is 0. The average molecular weight is 358 g/mol. The Labute approximate surface area is 155 Å². The predicted molar refractivity (Wildman–Crippen MR) is 103 cm³/mol. The number of carbonyl (C=O) groups is 1. The molecule has 2 fully saturated rings. The quantitative estimate of drug-likeness (QED) is 0.571. The second-order valence-corrected chi connectivity index (χ2v) is 7.73. The minimum absolute atomic E-state index is 0.0528. The first kappa shape index (κ1) is 18.5. The van der Waals surface area contributed by atoms with Crippen LogP contribution in [0, 0.1) is 19.3 Å². The summed E-state index contributed by atoms with van der Waals surface area (Å²) < 4.78 is 0. The van der Waals surface area contributed by atoms with Gasteiger partial charge in [0.25, 0.3) is 0 Å². The van der Waals surface area contributed by atoms with Gasteiger partial charge in [-0.3, -0.25) is 4.79 Å². The Morgan fingerprint density at radius 2 is 2.12 bits per heavy atom. The Balaban J connectivity index is 1.76. The minimum atomic E-state index is 0.0528. The van der Waals surface area contributed by atoms with Gasteiger partial charge in [-0.2, -0.15) is 0 Å². The van der Waals surface area contributed by atoms with E-state index in [4.69, 9.17) is 4.99 Å². The van der Waals surface area contributed by atoms with E-state index in [1.807, 2.05) is 26.0 Å². The molecule has 0 bridgehead atoms. The molecule has 0 saturated carbocycles. The third-order valence-corrected chi connectivity index (χ3v) is 5.45. The summed E-state index contributed by atoms with van der Waals surface area (Å²) in [7, 11) is 0. The van der Waals surface area contributed by atoms with E-state index in [0.717, 1.165) is 61.7 Å². The SMILES string of the molecule is CCNC(=NCc1cc(C)c(O)c(C)c1)N1CCCC2(CNC(=O)C2)C1. The van der Waals surface area contributed by atoms with Crippen molar-refractivity contribution in [3.63, 3.8) is 0 Å². The number of aromatic hydroxyl groups is 1. The van der Waals surface area contributed by atoms with Crippen LogP contribution in [0.2, 0.25) is 0 Å². The molecule has 1 amide bonds.